The number of piperazine rings is 1. The molecule has 0 aromatic heterocycles. The third kappa shape index (κ3) is 5.35. The van der Waals surface area contributed by atoms with Crippen molar-refractivity contribution in [2.45, 2.75) is 24.5 Å². The van der Waals surface area contributed by atoms with Gasteiger partial charge in [-0.15, -0.1) is 0 Å². The summed E-state index contributed by atoms with van der Waals surface area (Å²) in [5.41, 5.74) is -4.87. The molecule has 1 fully saturated rings. The van der Waals surface area contributed by atoms with Crippen LogP contribution in [0.1, 0.15) is 11.1 Å². The van der Waals surface area contributed by atoms with Crippen LogP contribution in [0.4, 0.5) is 26.3 Å². The lowest BCUT2D eigenvalue weighted by atomic mass is 9.90. The van der Waals surface area contributed by atoms with Crippen LogP contribution in [-0.2, 0) is 22.2 Å². The highest BCUT2D eigenvalue weighted by atomic mass is 35.5. The first kappa shape index (κ1) is 26.7. The number of hydrogen-bond donors (Lipinski definition) is 1. The maximum absolute atomic E-state index is 13.1. The molecule has 0 amide bonds. The van der Waals surface area contributed by atoms with Crippen LogP contribution in [0.3, 0.4) is 0 Å². The molecule has 2 aromatic carbocycles. The third-order valence-electron chi connectivity index (χ3n) is 5.67. The van der Waals surface area contributed by atoms with Crippen LogP contribution >= 0.6 is 11.6 Å². The zero-order chi connectivity index (χ0) is 25.5. The van der Waals surface area contributed by atoms with Crippen LogP contribution in [0.2, 0.25) is 5.02 Å². The first-order valence-corrected chi connectivity index (χ1v) is 12.2. The molecule has 0 aliphatic carbocycles. The molecule has 0 atom stereocenters. The number of aliphatic hydroxyl groups is 1. The van der Waals surface area contributed by atoms with E-state index in [1.807, 2.05) is 4.90 Å². The average Bonchev–Trinajstić information content (AvgIpc) is 2.71. The quantitative estimate of drug-likeness (QED) is 0.582. The van der Waals surface area contributed by atoms with Crippen LogP contribution < -0.4 is 0 Å². The van der Waals surface area contributed by atoms with Crippen molar-refractivity contribution in [1.82, 2.24) is 9.21 Å². The molecule has 1 saturated heterocycles. The van der Waals surface area contributed by atoms with Crippen molar-refractivity contribution >= 4 is 21.6 Å². The number of alkyl halides is 6. The molecule has 5 nitrogen and oxygen atoms in total. The summed E-state index contributed by atoms with van der Waals surface area (Å²) in [7, 11) is -3.25. The molecule has 188 valence electrons. The van der Waals surface area contributed by atoms with E-state index in [0.29, 0.717) is 50.4 Å². The molecule has 1 heterocycles. The smallest absolute Gasteiger partial charge is 0.369 e. The molecule has 13 heteroatoms. The Morgan fingerprint density at radius 1 is 0.912 bits per heavy atom. The van der Waals surface area contributed by atoms with Gasteiger partial charge in [0, 0.05) is 48.9 Å². The maximum atomic E-state index is 13.1. The molecule has 0 spiro atoms. The second-order valence-electron chi connectivity index (χ2n) is 8.04. The second kappa shape index (κ2) is 9.30. The lowest BCUT2D eigenvalue weighted by Gasteiger charge is -2.33. The molecular weight excluding hydrogens is 510 g/mol. The van der Waals surface area contributed by atoms with E-state index in [4.69, 9.17) is 11.6 Å². The van der Waals surface area contributed by atoms with E-state index in [1.54, 1.807) is 18.2 Å². The predicted octanol–water partition coefficient (Wildman–Crippen LogP) is 4.40. The van der Waals surface area contributed by atoms with Crippen molar-refractivity contribution in [2.24, 2.45) is 0 Å². The Kier molecular flexibility index (Phi) is 7.32. The summed E-state index contributed by atoms with van der Waals surface area (Å²) in [4.78, 5) is 2.04. The molecule has 34 heavy (non-hydrogen) atoms. The third-order valence-corrected chi connectivity index (χ3v) is 7.29. The normalized spacial score (nSPS) is 17.2. The Bertz CT molecular complexity index is 1110. The standard InChI is InChI=1S/C21H21ClF6N2O3S/c1-34(32,33)30-10-8-29(9-11-30)13-14-2-7-17(18(22)12-14)15-3-5-16(6-4-15)19(31,20(23,24)25)21(26,27)28/h2-7,12,31H,8-11,13H2,1H3. The zero-order valence-electron chi connectivity index (χ0n) is 17.8. The van der Waals surface area contributed by atoms with E-state index in [9.17, 15) is 39.9 Å². The van der Waals surface area contributed by atoms with Crippen molar-refractivity contribution in [1.29, 1.82) is 0 Å². The number of sulfonamides is 1. The summed E-state index contributed by atoms with van der Waals surface area (Å²) in [5, 5.41) is 9.75. The van der Waals surface area contributed by atoms with Crippen LogP contribution in [0.15, 0.2) is 42.5 Å². The molecule has 0 bridgehead atoms. The summed E-state index contributed by atoms with van der Waals surface area (Å²) < 4.78 is 103. The first-order chi connectivity index (χ1) is 15.5. The Morgan fingerprint density at radius 3 is 1.88 bits per heavy atom. The molecule has 0 saturated carbocycles. The van der Waals surface area contributed by atoms with E-state index < -0.39 is 33.5 Å². The van der Waals surface area contributed by atoms with Crippen LogP contribution in [-0.4, -0.2) is 67.5 Å². The van der Waals surface area contributed by atoms with Crippen molar-refractivity contribution in [3.05, 3.63) is 58.6 Å². The Hall–Kier alpha value is -1.86. The van der Waals surface area contributed by atoms with Gasteiger partial charge in [-0.3, -0.25) is 4.90 Å². The molecule has 3 rings (SSSR count). The molecule has 0 unspecified atom stereocenters. The molecule has 1 aliphatic rings. The molecular formula is C21H21ClF6N2O3S. The summed E-state index contributed by atoms with van der Waals surface area (Å²) in [6.45, 7) is 2.25. The minimum Gasteiger partial charge on any atom is -0.369 e. The number of benzene rings is 2. The van der Waals surface area contributed by atoms with Crippen LogP contribution in [0.5, 0.6) is 0 Å². The first-order valence-electron chi connectivity index (χ1n) is 9.96. The van der Waals surface area contributed by atoms with Gasteiger partial charge in [0.2, 0.25) is 10.0 Å². The maximum Gasteiger partial charge on any atom is 0.430 e. The number of rotatable bonds is 5. The molecule has 1 aliphatic heterocycles. The Balaban J connectivity index is 1.77. The van der Waals surface area contributed by atoms with Gasteiger partial charge in [0.15, 0.2) is 0 Å². The van der Waals surface area contributed by atoms with E-state index in [0.717, 1.165) is 24.0 Å². The number of nitrogens with zero attached hydrogens (tertiary/aromatic N) is 2. The Labute approximate surface area is 197 Å². The summed E-state index contributed by atoms with van der Waals surface area (Å²) in [6.07, 6.45) is -10.8. The van der Waals surface area contributed by atoms with Gasteiger partial charge < -0.3 is 5.11 Å². The van der Waals surface area contributed by atoms with Crippen molar-refractivity contribution in [3.8, 4) is 11.1 Å². The highest BCUT2D eigenvalue weighted by molar-refractivity contribution is 7.88. The fraction of sp³-hybridized carbons (Fsp3) is 0.429. The lowest BCUT2D eigenvalue weighted by molar-refractivity contribution is -0.376. The SMILES string of the molecule is CS(=O)(=O)N1CCN(Cc2ccc(-c3ccc(C(O)(C(F)(F)F)C(F)(F)F)cc3)c(Cl)c2)CC1. The van der Waals surface area contributed by atoms with E-state index in [1.165, 1.54) is 4.31 Å². The fourth-order valence-corrected chi connectivity index (χ4v) is 4.89. The van der Waals surface area contributed by atoms with E-state index >= 15 is 0 Å². The minimum absolute atomic E-state index is 0.238. The van der Waals surface area contributed by atoms with Gasteiger partial charge in [0.05, 0.1) is 6.26 Å². The summed E-state index contributed by atoms with van der Waals surface area (Å²) in [5.74, 6) is 0. The van der Waals surface area contributed by atoms with Crippen molar-refractivity contribution < 1.29 is 39.9 Å². The monoisotopic (exact) mass is 530 g/mol. The van der Waals surface area contributed by atoms with Gasteiger partial charge in [-0.25, -0.2) is 8.42 Å². The van der Waals surface area contributed by atoms with Crippen molar-refractivity contribution in [3.63, 3.8) is 0 Å². The Morgan fingerprint density at radius 2 is 1.44 bits per heavy atom. The largest absolute Gasteiger partial charge is 0.430 e. The van der Waals surface area contributed by atoms with Gasteiger partial charge in [0.1, 0.15) is 0 Å². The summed E-state index contributed by atoms with van der Waals surface area (Å²) in [6, 6.07) is 8.16. The van der Waals surface area contributed by atoms with Crippen LogP contribution in [0.25, 0.3) is 11.1 Å². The fourth-order valence-electron chi connectivity index (χ4n) is 3.75. The highest BCUT2D eigenvalue weighted by Gasteiger charge is 2.71. The summed E-state index contributed by atoms with van der Waals surface area (Å²) >= 11 is 6.32. The molecule has 1 N–H and O–H groups in total. The topological polar surface area (TPSA) is 60.9 Å². The van der Waals surface area contributed by atoms with Crippen LogP contribution in [0, 0.1) is 0 Å². The molecule has 2 aromatic rings. The minimum atomic E-state index is -5.96. The zero-order valence-corrected chi connectivity index (χ0v) is 19.4. The lowest BCUT2D eigenvalue weighted by Crippen LogP contribution is -2.53. The number of halogens is 7. The van der Waals surface area contributed by atoms with Gasteiger partial charge in [0.25, 0.3) is 5.60 Å². The van der Waals surface area contributed by atoms with Gasteiger partial charge >= 0.3 is 12.4 Å². The highest BCUT2D eigenvalue weighted by Crippen LogP contribution is 2.50. The van der Waals surface area contributed by atoms with Gasteiger partial charge in [-0.1, -0.05) is 48.0 Å². The second-order valence-corrected chi connectivity index (χ2v) is 10.4. The van der Waals surface area contributed by atoms with Crippen molar-refractivity contribution in [2.75, 3.05) is 32.4 Å². The molecule has 0 radical (unpaired) electrons. The van der Waals surface area contributed by atoms with Gasteiger partial charge in [-0.05, 0) is 17.2 Å². The number of hydrogen-bond acceptors (Lipinski definition) is 4. The van der Waals surface area contributed by atoms with E-state index in [2.05, 4.69) is 0 Å². The predicted molar refractivity (Wildman–Crippen MR) is 115 cm³/mol. The average molecular weight is 531 g/mol. The van der Waals surface area contributed by atoms with Gasteiger partial charge in [-0.2, -0.15) is 30.6 Å². The van der Waals surface area contributed by atoms with E-state index in [-0.39, 0.29) is 10.6 Å².